The van der Waals surface area contributed by atoms with Crippen LogP contribution in [0.15, 0.2) is 54.6 Å². The Bertz CT molecular complexity index is 683. The number of ketones is 1. The number of aliphatic hydroxyl groups is 1. The second kappa shape index (κ2) is 7.63. The van der Waals surface area contributed by atoms with Crippen LogP contribution >= 0.6 is 0 Å². The summed E-state index contributed by atoms with van der Waals surface area (Å²) in [5, 5.41) is 10.1. The monoisotopic (exact) mass is 309 g/mol. The third kappa shape index (κ3) is 4.46. The van der Waals surface area contributed by atoms with Crippen LogP contribution in [0.3, 0.4) is 0 Å². The van der Waals surface area contributed by atoms with Crippen molar-refractivity contribution in [2.45, 2.75) is 19.8 Å². The van der Waals surface area contributed by atoms with E-state index >= 15 is 0 Å². The molecule has 0 unspecified atom stereocenters. The molecule has 0 atom stereocenters. The molecule has 0 saturated carbocycles. The minimum absolute atomic E-state index is 0.0158. The highest BCUT2D eigenvalue weighted by Crippen LogP contribution is 2.18. The topological polar surface area (TPSA) is 40.5 Å². The Morgan fingerprint density at radius 1 is 1.00 bits per heavy atom. The zero-order chi connectivity index (χ0) is 16.8. The first-order chi connectivity index (χ1) is 11.0. The van der Waals surface area contributed by atoms with Crippen molar-refractivity contribution in [1.29, 1.82) is 0 Å². The summed E-state index contributed by atoms with van der Waals surface area (Å²) in [6.45, 7) is 2.13. The van der Waals surface area contributed by atoms with Gasteiger partial charge in [-0.15, -0.1) is 0 Å². The summed E-state index contributed by atoms with van der Waals surface area (Å²) >= 11 is 0. The van der Waals surface area contributed by atoms with Crippen LogP contribution in [-0.4, -0.2) is 25.0 Å². The molecule has 120 valence electrons. The maximum atomic E-state index is 12.2. The molecule has 0 bridgehead atoms. The van der Waals surface area contributed by atoms with Gasteiger partial charge in [0.25, 0.3) is 0 Å². The standard InChI is InChI=1S/C20H23NO2/c1-4-5-15-6-8-16(9-7-15)19(22)14-20(23)17-10-12-18(13-11-17)21(2)3/h6-14,23H,4-5H2,1-3H3/b20-14-. The van der Waals surface area contributed by atoms with Gasteiger partial charge in [-0.3, -0.25) is 4.79 Å². The maximum absolute atomic E-state index is 12.2. The van der Waals surface area contributed by atoms with Gasteiger partial charge in [-0.05, 0) is 36.2 Å². The Labute approximate surface area is 137 Å². The number of rotatable bonds is 6. The molecule has 0 saturated heterocycles. The van der Waals surface area contributed by atoms with Gasteiger partial charge in [0.2, 0.25) is 0 Å². The molecule has 0 aromatic heterocycles. The third-order valence-corrected chi connectivity index (χ3v) is 3.72. The van der Waals surface area contributed by atoms with Crippen LogP contribution in [-0.2, 0) is 6.42 Å². The third-order valence-electron chi connectivity index (χ3n) is 3.72. The van der Waals surface area contributed by atoms with Crippen LogP contribution in [0.25, 0.3) is 5.76 Å². The molecule has 2 aromatic carbocycles. The fourth-order valence-corrected chi connectivity index (χ4v) is 2.35. The summed E-state index contributed by atoms with van der Waals surface area (Å²) in [4.78, 5) is 14.2. The molecule has 2 aromatic rings. The van der Waals surface area contributed by atoms with E-state index in [-0.39, 0.29) is 11.5 Å². The number of hydrogen-bond acceptors (Lipinski definition) is 3. The second-order valence-corrected chi connectivity index (χ2v) is 5.78. The van der Waals surface area contributed by atoms with Gasteiger partial charge in [0.15, 0.2) is 5.78 Å². The van der Waals surface area contributed by atoms with Crippen molar-refractivity contribution >= 4 is 17.2 Å². The van der Waals surface area contributed by atoms with Crippen LogP contribution in [0.1, 0.15) is 34.8 Å². The van der Waals surface area contributed by atoms with Crippen molar-refractivity contribution in [2.24, 2.45) is 0 Å². The Balaban J connectivity index is 2.14. The minimum Gasteiger partial charge on any atom is -0.507 e. The number of carbonyl (C=O) groups excluding carboxylic acids is 1. The lowest BCUT2D eigenvalue weighted by atomic mass is 10.0. The molecule has 3 nitrogen and oxygen atoms in total. The van der Waals surface area contributed by atoms with Gasteiger partial charge in [0.05, 0.1) is 0 Å². The number of allylic oxidation sites excluding steroid dienone is 1. The highest BCUT2D eigenvalue weighted by molar-refractivity contribution is 6.07. The van der Waals surface area contributed by atoms with Crippen LogP contribution in [0, 0.1) is 0 Å². The van der Waals surface area contributed by atoms with Gasteiger partial charge in [0, 0.05) is 37.0 Å². The van der Waals surface area contributed by atoms with Crippen LogP contribution in [0.4, 0.5) is 5.69 Å². The smallest absolute Gasteiger partial charge is 0.189 e. The van der Waals surface area contributed by atoms with Crippen molar-refractivity contribution in [2.75, 3.05) is 19.0 Å². The Morgan fingerprint density at radius 3 is 2.09 bits per heavy atom. The Morgan fingerprint density at radius 2 is 1.57 bits per heavy atom. The lowest BCUT2D eigenvalue weighted by Crippen LogP contribution is -2.08. The van der Waals surface area contributed by atoms with E-state index in [2.05, 4.69) is 6.92 Å². The average Bonchev–Trinajstić information content (AvgIpc) is 2.55. The van der Waals surface area contributed by atoms with E-state index in [0.717, 1.165) is 18.5 Å². The quantitative estimate of drug-likeness (QED) is 0.485. The predicted molar refractivity (Wildman–Crippen MR) is 96.1 cm³/mol. The largest absolute Gasteiger partial charge is 0.507 e. The summed E-state index contributed by atoms with van der Waals surface area (Å²) in [5.74, 6) is -0.208. The van der Waals surface area contributed by atoms with E-state index in [0.29, 0.717) is 11.1 Å². The van der Waals surface area contributed by atoms with Crippen molar-refractivity contribution in [3.05, 3.63) is 71.3 Å². The van der Waals surface area contributed by atoms with Gasteiger partial charge in [-0.25, -0.2) is 0 Å². The van der Waals surface area contributed by atoms with Crippen molar-refractivity contribution < 1.29 is 9.90 Å². The highest BCUT2D eigenvalue weighted by atomic mass is 16.3. The second-order valence-electron chi connectivity index (χ2n) is 5.78. The summed E-state index contributed by atoms with van der Waals surface area (Å²) < 4.78 is 0. The van der Waals surface area contributed by atoms with E-state index in [1.165, 1.54) is 11.6 Å². The number of aliphatic hydroxyl groups excluding tert-OH is 1. The molecule has 0 fully saturated rings. The molecule has 0 heterocycles. The van der Waals surface area contributed by atoms with E-state index < -0.39 is 0 Å². The molecular weight excluding hydrogens is 286 g/mol. The van der Waals surface area contributed by atoms with E-state index in [1.807, 2.05) is 55.4 Å². The molecule has 23 heavy (non-hydrogen) atoms. The number of hydrogen-bond donors (Lipinski definition) is 1. The fraction of sp³-hybridized carbons (Fsp3) is 0.250. The van der Waals surface area contributed by atoms with Crippen molar-refractivity contribution in [3.63, 3.8) is 0 Å². The molecule has 3 heteroatoms. The normalized spacial score (nSPS) is 11.3. The molecule has 0 aliphatic rings. The predicted octanol–water partition coefficient (Wildman–Crippen LogP) is 4.49. The van der Waals surface area contributed by atoms with E-state index in [9.17, 15) is 9.90 Å². The SMILES string of the molecule is CCCc1ccc(C(=O)/C=C(\O)c2ccc(N(C)C)cc2)cc1. The number of anilines is 1. The zero-order valence-electron chi connectivity index (χ0n) is 13.9. The molecule has 2 rings (SSSR count). The van der Waals surface area contributed by atoms with Crippen LogP contribution < -0.4 is 4.90 Å². The van der Waals surface area contributed by atoms with Gasteiger partial charge in [-0.2, -0.15) is 0 Å². The number of benzene rings is 2. The Hall–Kier alpha value is -2.55. The molecule has 1 N–H and O–H groups in total. The first-order valence-corrected chi connectivity index (χ1v) is 7.83. The summed E-state index contributed by atoms with van der Waals surface area (Å²) in [7, 11) is 3.91. The molecular formula is C20H23NO2. The fourth-order valence-electron chi connectivity index (χ4n) is 2.35. The van der Waals surface area contributed by atoms with Crippen molar-refractivity contribution in [1.82, 2.24) is 0 Å². The highest BCUT2D eigenvalue weighted by Gasteiger charge is 2.07. The first-order valence-electron chi connectivity index (χ1n) is 7.83. The van der Waals surface area contributed by atoms with Gasteiger partial charge in [0.1, 0.15) is 5.76 Å². The molecule has 0 spiro atoms. The van der Waals surface area contributed by atoms with Crippen molar-refractivity contribution in [3.8, 4) is 0 Å². The Kier molecular flexibility index (Phi) is 5.58. The first kappa shape index (κ1) is 16.8. The van der Waals surface area contributed by atoms with Gasteiger partial charge >= 0.3 is 0 Å². The molecule has 0 aliphatic carbocycles. The lowest BCUT2D eigenvalue weighted by molar-refractivity contribution is 0.104. The summed E-state index contributed by atoms with van der Waals surface area (Å²) in [6, 6.07) is 15.0. The van der Waals surface area contributed by atoms with Crippen LogP contribution in [0.2, 0.25) is 0 Å². The lowest BCUT2D eigenvalue weighted by Gasteiger charge is -2.12. The zero-order valence-corrected chi connectivity index (χ0v) is 13.9. The van der Waals surface area contributed by atoms with Crippen LogP contribution in [0.5, 0.6) is 0 Å². The summed E-state index contributed by atoms with van der Waals surface area (Å²) in [5.41, 5.74) is 3.48. The maximum Gasteiger partial charge on any atom is 0.189 e. The summed E-state index contributed by atoms with van der Waals surface area (Å²) in [6.07, 6.45) is 3.37. The van der Waals surface area contributed by atoms with E-state index in [4.69, 9.17) is 0 Å². The average molecular weight is 309 g/mol. The van der Waals surface area contributed by atoms with Gasteiger partial charge in [-0.1, -0.05) is 37.6 Å². The molecule has 0 radical (unpaired) electrons. The number of carbonyl (C=O) groups is 1. The number of nitrogens with zero attached hydrogens (tertiary/aromatic N) is 1. The number of aryl methyl sites for hydroxylation is 1. The van der Waals surface area contributed by atoms with E-state index in [1.54, 1.807) is 12.1 Å². The van der Waals surface area contributed by atoms with Gasteiger partial charge < -0.3 is 10.0 Å². The minimum atomic E-state index is -0.192. The molecule has 0 amide bonds. The molecule has 0 aliphatic heterocycles.